The number of para-hydroxylation sites is 1. The molecule has 0 unspecified atom stereocenters. The molecule has 0 radical (unpaired) electrons. The maximum atomic E-state index is 13.2. The van der Waals surface area contributed by atoms with Crippen LogP contribution in [-0.2, 0) is 16.1 Å². The van der Waals surface area contributed by atoms with E-state index < -0.39 is 5.54 Å². The Kier molecular flexibility index (Phi) is 7.99. The van der Waals surface area contributed by atoms with Gasteiger partial charge in [-0.25, -0.2) is 9.97 Å². The van der Waals surface area contributed by atoms with Crippen molar-refractivity contribution in [1.82, 2.24) is 20.2 Å². The highest BCUT2D eigenvalue weighted by atomic mass is 35.5. The topological polar surface area (TPSA) is 106 Å². The molecule has 0 aliphatic carbocycles. The van der Waals surface area contributed by atoms with Gasteiger partial charge < -0.3 is 25.0 Å². The predicted octanol–water partition coefficient (Wildman–Crippen LogP) is 4.32. The van der Waals surface area contributed by atoms with Crippen LogP contribution >= 0.6 is 11.6 Å². The second-order valence-corrected chi connectivity index (χ2v) is 10.9. The van der Waals surface area contributed by atoms with Crippen LogP contribution in [0.1, 0.15) is 42.6 Å². The summed E-state index contributed by atoms with van der Waals surface area (Å²) >= 11 is 6.45. The molecule has 0 spiro atoms. The van der Waals surface area contributed by atoms with E-state index in [-0.39, 0.29) is 24.4 Å². The number of halogens is 1. The number of nitrogens with one attached hydrogen (secondary N) is 2. The second-order valence-electron chi connectivity index (χ2n) is 10.5. The Morgan fingerprint density at radius 1 is 1.18 bits per heavy atom. The molecule has 1 aromatic heterocycles. The van der Waals surface area contributed by atoms with E-state index in [1.807, 2.05) is 56.3 Å². The van der Waals surface area contributed by atoms with Crippen molar-refractivity contribution in [3.63, 3.8) is 0 Å². The van der Waals surface area contributed by atoms with Crippen LogP contribution in [0.25, 0.3) is 11.3 Å². The summed E-state index contributed by atoms with van der Waals surface area (Å²) in [5.41, 5.74) is 2.05. The molecule has 1 saturated heterocycles. The molecule has 2 aliphatic heterocycles. The molecule has 204 valence electrons. The summed E-state index contributed by atoms with van der Waals surface area (Å²) in [4.78, 5) is 36.6. The summed E-state index contributed by atoms with van der Waals surface area (Å²) in [6.07, 6.45) is 3.34. The largest absolute Gasteiger partial charge is 0.491 e. The number of carbonyl (C=O) groups is 2. The molecule has 39 heavy (non-hydrogen) atoms. The van der Waals surface area contributed by atoms with Crippen LogP contribution in [0, 0.1) is 0 Å². The van der Waals surface area contributed by atoms with Gasteiger partial charge in [0.2, 0.25) is 11.9 Å². The number of amides is 2. The first-order valence-corrected chi connectivity index (χ1v) is 13.4. The van der Waals surface area contributed by atoms with E-state index in [0.717, 1.165) is 29.7 Å². The molecule has 3 aromatic rings. The standard InChI is InChI=1S/C29H32ClN5O4/c1-29(2,18-39-22-6-4-3-5-7-22)34-25(36)17-35-16-20-9-8-19(14-23(20)27(35)37)26-24(30)15-31-28(33-26)32-21-10-12-38-13-11-21/h3-9,14-15,21H,10-13,16-18H2,1-2H3,(H,34,36)(H,31,32,33). The third-order valence-electron chi connectivity index (χ3n) is 6.72. The number of hydrogen-bond donors (Lipinski definition) is 2. The number of nitrogens with zero attached hydrogens (tertiary/aromatic N) is 3. The van der Waals surface area contributed by atoms with Gasteiger partial charge in [0.25, 0.3) is 5.91 Å². The fourth-order valence-corrected chi connectivity index (χ4v) is 4.91. The van der Waals surface area contributed by atoms with Crippen molar-refractivity contribution in [3.8, 4) is 17.0 Å². The van der Waals surface area contributed by atoms with Gasteiger partial charge in [-0.15, -0.1) is 0 Å². The predicted molar refractivity (Wildman–Crippen MR) is 149 cm³/mol. The smallest absolute Gasteiger partial charge is 0.254 e. The molecular formula is C29H32ClN5O4. The monoisotopic (exact) mass is 549 g/mol. The fraction of sp³-hybridized carbons (Fsp3) is 0.379. The van der Waals surface area contributed by atoms with E-state index in [0.29, 0.717) is 48.6 Å². The quantitative estimate of drug-likeness (QED) is 0.409. The van der Waals surface area contributed by atoms with Crippen LogP contribution < -0.4 is 15.4 Å². The van der Waals surface area contributed by atoms with Gasteiger partial charge in [0.15, 0.2) is 0 Å². The third kappa shape index (κ3) is 6.66. The number of benzene rings is 2. The van der Waals surface area contributed by atoms with E-state index >= 15 is 0 Å². The van der Waals surface area contributed by atoms with E-state index in [4.69, 9.17) is 21.1 Å². The maximum absolute atomic E-state index is 13.2. The lowest BCUT2D eigenvalue weighted by Gasteiger charge is -2.27. The van der Waals surface area contributed by atoms with E-state index in [9.17, 15) is 9.59 Å². The van der Waals surface area contributed by atoms with Crippen LogP contribution in [-0.4, -0.2) is 64.6 Å². The summed E-state index contributed by atoms with van der Waals surface area (Å²) in [7, 11) is 0. The number of hydrogen-bond acceptors (Lipinski definition) is 7. The summed E-state index contributed by atoms with van der Waals surface area (Å²) in [5.74, 6) is 0.771. The van der Waals surface area contributed by atoms with E-state index in [1.165, 1.54) is 4.90 Å². The van der Waals surface area contributed by atoms with Crippen LogP contribution in [0.4, 0.5) is 5.95 Å². The first kappa shape index (κ1) is 26.9. The summed E-state index contributed by atoms with van der Waals surface area (Å²) in [6.45, 7) is 5.79. The highest BCUT2D eigenvalue weighted by molar-refractivity contribution is 6.33. The van der Waals surface area contributed by atoms with Gasteiger partial charge >= 0.3 is 0 Å². The van der Waals surface area contributed by atoms with Gasteiger partial charge in [0.05, 0.1) is 22.5 Å². The minimum Gasteiger partial charge on any atom is -0.491 e. The van der Waals surface area contributed by atoms with Crippen molar-refractivity contribution in [2.24, 2.45) is 0 Å². The molecule has 0 bridgehead atoms. The third-order valence-corrected chi connectivity index (χ3v) is 6.99. The lowest BCUT2D eigenvalue weighted by atomic mass is 10.0. The molecule has 2 aromatic carbocycles. The van der Waals surface area contributed by atoms with E-state index in [2.05, 4.69) is 20.6 Å². The lowest BCUT2D eigenvalue weighted by molar-refractivity contribution is -0.123. The van der Waals surface area contributed by atoms with Gasteiger partial charge in [0.1, 0.15) is 18.9 Å². The van der Waals surface area contributed by atoms with E-state index in [1.54, 1.807) is 12.3 Å². The average molecular weight is 550 g/mol. The Hall–Kier alpha value is -3.69. The van der Waals surface area contributed by atoms with Gasteiger partial charge in [-0.2, -0.15) is 0 Å². The van der Waals surface area contributed by atoms with Crippen LogP contribution in [0.2, 0.25) is 5.02 Å². The van der Waals surface area contributed by atoms with Crippen molar-refractivity contribution in [2.45, 2.75) is 44.8 Å². The lowest BCUT2D eigenvalue weighted by Crippen LogP contribution is -2.51. The minimum atomic E-state index is -0.615. The average Bonchev–Trinajstić information content (AvgIpc) is 3.23. The van der Waals surface area contributed by atoms with Crippen molar-refractivity contribution in [3.05, 3.63) is 70.9 Å². The minimum absolute atomic E-state index is 0.0505. The summed E-state index contributed by atoms with van der Waals surface area (Å²) in [6, 6.07) is 15.3. The Morgan fingerprint density at radius 2 is 1.95 bits per heavy atom. The summed E-state index contributed by atoms with van der Waals surface area (Å²) in [5, 5.41) is 6.73. The Balaban J connectivity index is 1.22. The SMILES string of the molecule is CC(C)(COc1ccccc1)NC(=O)CN1Cc2ccc(-c3nc(NC4CCOCC4)ncc3Cl)cc2C1=O. The van der Waals surface area contributed by atoms with Crippen molar-refractivity contribution >= 4 is 29.4 Å². The van der Waals surface area contributed by atoms with Gasteiger partial charge in [0, 0.05) is 36.9 Å². The zero-order valence-corrected chi connectivity index (χ0v) is 22.8. The molecular weight excluding hydrogens is 518 g/mol. The first-order chi connectivity index (χ1) is 18.8. The molecule has 2 N–H and O–H groups in total. The number of fused-ring (bicyclic) bond motifs is 1. The van der Waals surface area contributed by atoms with Crippen LogP contribution in [0.5, 0.6) is 5.75 Å². The molecule has 0 atom stereocenters. The fourth-order valence-electron chi connectivity index (χ4n) is 4.71. The van der Waals surface area contributed by atoms with Gasteiger partial charge in [-0.1, -0.05) is 41.9 Å². The van der Waals surface area contributed by atoms with Crippen LogP contribution in [0.15, 0.2) is 54.7 Å². The molecule has 10 heteroatoms. The number of ether oxygens (including phenoxy) is 2. The zero-order valence-electron chi connectivity index (χ0n) is 22.1. The van der Waals surface area contributed by atoms with Crippen molar-refractivity contribution in [2.75, 3.05) is 31.7 Å². The number of anilines is 1. The van der Waals surface area contributed by atoms with Gasteiger partial charge in [-0.3, -0.25) is 9.59 Å². The normalized spacial score (nSPS) is 15.7. The highest BCUT2D eigenvalue weighted by Gasteiger charge is 2.31. The molecule has 2 aliphatic rings. The Bertz CT molecular complexity index is 1340. The van der Waals surface area contributed by atoms with Gasteiger partial charge in [-0.05, 0) is 50.5 Å². The molecule has 9 nitrogen and oxygen atoms in total. The molecule has 5 rings (SSSR count). The zero-order chi connectivity index (χ0) is 27.4. The van der Waals surface area contributed by atoms with Crippen LogP contribution in [0.3, 0.4) is 0 Å². The number of carbonyl (C=O) groups excluding carboxylic acids is 2. The Morgan fingerprint density at radius 3 is 2.72 bits per heavy atom. The molecule has 0 saturated carbocycles. The Labute approximate surface area is 232 Å². The first-order valence-electron chi connectivity index (χ1n) is 13.1. The molecule has 2 amide bonds. The maximum Gasteiger partial charge on any atom is 0.254 e. The highest BCUT2D eigenvalue weighted by Crippen LogP contribution is 2.31. The van der Waals surface area contributed by atoms with Crippen molar-refractivity contribution < 1.29 is 19.1 Å². The van der Waals surface area contributed by atoms with Crippen molar-refractivity contribution in [1.29, 1.82) is 0 Å². The number of rotatable bonds is 9. The summed E-state index contributed by atoms with van der Waals surface area (Å²) < 4.78 is 11.2. The number of aromatic nitrogens is 2. The molecule has 3 heterocycles. The second kappa shape index (κ2) is 11.6. The molecule has 1 fully saturated rings.